The first-order valence-electron chi connectivity index (χ1n) is 12.0. The summed E-state index contributed by atoms with van der Waals surface area (Å²) in [5.41, 5.74) is 7.82. The zero-order chi connectivity index (χ0) is 26.9. The Hall–Kier alpha value is -2.49. The Balaban J connectivity index is 2.00. The summed E-state index contributed by atoms with van der Waals surface area (Å²) < 4.78 is 40.6. The lowest BCUT2D eigenvalue weighted by Gasteiger charge is -2.31. The Kier molecular flexibility index (Phi) is 11.3. The fourth-order valence-corrected chi connectivity index (χ4v) is 5.44. The van der Waals surface area contributed by atoms with Crippen LogP contribution in [0.4, 0.5) is 4.39 Å². The van der Waals surface area contributed by atoms with Gasteiger partial charge in [-0.3, -0.25) is 9.59 Å². The lowest BCUT2D eigenvalue weighted by atomic mass is 10.00. The normalized spacial score (nSPS) is 12.5. The molecule has 10 heteroatoms. The van der Waals surface area contributed by atoms with Crippen LogP contribution < -0.4 is 10.5 Å². The third-order valence-corrected chi connectivity index (χ3v) is 7.71. The van der Waals surface area contributed by atoms with E-state index in [-0.39, 0.29) is 41.3 Å². The van der Waals surface area contributed by atoms with Crippen molar-refractivity contribution in [3.05, 3.63) is 64.4 Å². The van der Waals surface area contributed by atoms with Crippen molar-refractivity contribution in [2.45, 2.75) is 63.8 Å². The van der Waals surface area contributed by atoms with Gasteiger partial charge in [-0.05, 0) is 62.3 Å². The molecule has 0 fully saturated rings. The third kappa shape index (κ3) is 9.19. The molecule has 1 atom stereocenters. The second-order valence-corrected chi connectivity index (χ2v) is 11.4. The number of carbonyl (C=O) groups is 2. The quantitative estimate of drug-likeness (QED) is 0.350. The molecule has 198 valence electrons. The van der Waals surface area contributed by atoms with Gasteiger partial charge in [0.25, 0.3) is 0 Å². The Bertz CT molecular complexity index is 1140. The molecule has 0 bridgehead atoms. The van der Waals surface area contributed by atoms with Gasteiger partial charge in [-0.15, -0.1) is 0 Å². The van der Waals surface area contributed by atoms with Crippen molar-refractivity contribution in [1.82, 2.24) is 9.62 Å². The van der Waals surface area contributed by atoms with Crippen LogP contribution in [0.15, 0.2) is 47.4 Å². The molecular formula is C26H35ClFN3O4S. The van der Waals surface area contributed by atoms with E-state index < -0.39 is 27.8 Å². The number of hydrogen-bond acceptors (Lipinski definition) is 4. The number of nitrogens with one attached hydrogen (secondary N) is 1. The van der Waals surface area contributed by atoms with Gasteiger partial charge in [0, 0.05) is 19.5 Å². The van der Waals surface area contributed by atoms with Crippen LogP contribution in [0.2, 0.25) is 5.02 Å². The number of hydrogen-bond donors (Lipinski definition) is 2. The Morgan fingerprint density at radius 3 is 2.36 bits per heavy atom. The highest BCUT2D eigenvalue weighted by Crippen LogP contribution is 2.22. The maximum atomic E-state index is 13.2. The van der Waals surface area contributed by atoms with E-state index in [1.165, 1.54) is 4.90 Å². The van der Waals surface area contributed by atoms with Crippen LogP contribution in [-0.4, -0.2) is 44.3 Å². The number of primary amides is 1. The van der Waals surface area contributed by atoms with E-state index in [2.05, 4.69) is 4.72 Å². The first kappa shape index (κ1) is 29.7. The number of aryl methyl sites for hydroxylation is 2. The number of unbranched alkanes of at least 4 members (excludes halogenated alkanes) is 1. The zero-order valence-electron chi connectivity index (χ0n) is 21.0. The highest BCUT2D eigenvalue weighted by Gasteiger charge is 2.28. The van der Waals surface area contributed by atoms with Gasteiger partial charge in [0.05, 0.1) is 5.02 Å². The van der Waals surface area contributed by atoms with Crippen molar-refractivity contribution in [3.63, 3.8) is 0 Å². The minimum atomic E-state index is -3.92. The number of nitrogens with zero attached hydrogens (tertiary/aromatic N) is 1. The van der Waals surface area contributed by atoms with Gasteiger partial charge in [-0.2, -0.15) is 0 Å². The molecule has 0 spiro atoms. The maximum Gasteiger partial charge on any atom is 0.242 e. The molecule has 2 rings (SSSR count). The number of nitrogens with two attached hydrogens (primary N) is 1. The minimum absolute atomic E-state index is 0.0901. The molecule has 0 aromatic heterocycles. The summed E-state index contributed by atoms with van der Waals surface area (Å²) in [5.74, 6) is -1.20. The van der Waals surface area contributed by atoms with Crippen molar-refractivity contribution in [3.8, 4) is 0 Å². The number of carbonyl (C=O) groups excluding carboxylic acids is 2. The standard InChI is InChI=1S/C26H35ClFN3O4S/c1-18(2)16-23(26(29)33)31(25(32)13-10-20-8-6-19(3)7-9-20)15-5-4-14-30-36(34,35)24-12-11-21(28)17-22(24)27/h6-9,11-12,17-18,23,30H,4-5,10,13-16H2,1-3H3,(H2,29,33)/t23-/m0/s1. The van der Waals surface area contributed by atoms with E-state index in [0.29, 0.717) is 25.7 Å². The van der Waals surface area contributed by atoms with Gasteiger partial charge in [-0.1, -0.05) is 55.3 Å². The highest BCUT2D eigenvalue weighted by molar-refractivity contribution is 7.89. The van der Waals surface area contributed by atoms with E-state index in [0.717, 1.165) is 29.3 Å². The molecule has 36 heavy (non-hydrogen) atoms. The Morgan fingerprint density at radius 2 is 1.78 bits per heavy atom. The summed E-state index contributed by atoms with van der Waals surface area (Å²) in [4.78, 5) is 26.7. The summed E-state index contributed by atoms with van der Waals surface area (Å²) >= 11 is 5.87. The van der Waals surface area contributed by atoms with Gasteiger partial charge in [0.1, 0.15) is 16.8 Å². The number of halogens is 2. The second kappa shape index (κ2) is 13.7. The van der Waals surface area contributed by atoms with Gasteiger partial charge < -0.3 is 10.6 Å². The van der Waals surface area contributed by atoms with Crippen LogP contribution in [0.3, 0.4) is 0 Å². The number of rotatable bonds is 14. The van der Waals surface area contributed by atoms with Gasteiger partial charge in [-0.25, -0.2) is 17.5 Å². The molecule has 2 aromatic rings. The van der Waals surface area contributed by atoms with Crippen molar-refractivity contribution < 1.29 is 22.4 Å². The van der Waals surface area contributed by atoms with Crippen LogP contribution in [0.25, 0.3) is 0 Å². The van der Waals surface area contributed by atoms with Gasteiger partial charge in [0.15, 0.2) is 0 Å². The third-order valence-electron chi connectivity index (χ3n) is 5.77. The number of amides is 2. The zero-order valence-corrected chi connectivity index (χ0v) is 22.5. The number of sulfonamides is 1. The van der Waals surface area contributed by atoms with E-state index in [4.69, 9.17) is 17.3 Å². The van der Waals surface area contributed by atoms with Crippen molar-refractivity contribution in [1.29, 1.82) is 0 Å². The molecule has 2 amide bonds. The summed E-state index contributed by atoms with van der Waals surface area (Å²) in [6.45, 7) is 6.27. The average Bonchev–Trinajstić information content (AvgIpc) is 2.79. The molecule has 0 saturated heterocycles. The summed E-state index contributed by atoms with van der Waals surface area (Å²) in [6.07, 6.45) is 2.09. The lowest BCUT2D eigenvalue weighted by Crippen LogP contribution is -2.49. The molecule has 0 radical (unpaired) electrons. The second-order valence-electron chi connectivity index (χ2n) is 9.30. The number of benzene rings is 2. The van der Waals surface area contributed by atoms with Crippen LogP contribution in [-0.2, 0) is 26.0 Å². The molecule has 0 unspecified atom stereocenters. The molecule has 7 nitrogen and oxygen atoms in total. The van der Waals surface area contributed by atoms with Gasteiger partial charge >= 0.3 is 0 Å². The highest BCUT2D eigenvalue weighted by atomic mass is 35.5. The topological polar surface area (TPSA) is 110 Å². The largest absolute Gasteiger partial charge is 0.368 e. The SMILES string of the molecule is Cc1ccc(CCC(=O)N(CCCCNS(=O)(=O)c2ccc(F)cc2Cl)[C@@H](CC(C)C)C(N)=O)cc1. The fraction of sp³-hybridized carbons (Fsp3) is 0.462. The Labute approximate surface area is 218 Å². The van der Waals surface area contributed by atoms with E-state index in [9.17, 15) is 22.4 Å². The summed E-state index contributed by atoms with van der Waals surface area (Å²) in [7, 11) is -3.92. The molecule has 0 aliphatic rings. The van der Waals surface area contributed by atoms with E-state index >= 15 is 0 Å². The van der Waals surface area contributed by atoms with Crippen molar-refractivity contribution in [2.75, 3.05) is 13.1 Å². The van der Waals surface area contributed by atoms with Crippen LogP contribution in [0, 0.1) is 18.7 Å². The lowest BCUT2D eigenvalue weighted by molar-refractivity contribution is -0.140. The molecule has 0 heterocycles. The summed E-state index contributed by atoms with van der Waals surface area (Å²) in [5, 5.41) is -0.203. The van der Waals surface area contributed by atoms with Crippen LogP contribution in [0.1, 0.15) is 50.7 Å². The monoisotopic (exact) mass is 539 g/mol. The van der Waals surface area contributed by atoms with Gasteiger partial charge in [0.2, 0.25) is 21.8 Å². The van der Waals surface area contributed by atoms with Crippen molar-refractivity contribution >= 4 is 33.4 Å². The predicted molar refractivity (Wildman–Crippen MR) is 139 cm³/mol. The van der Waals surface area contributed by atoms with E-state index in [1.54, 1.807) is 0 Å². The average molecular weight is 540 g/mol. The van der Waals surface area contributed by atoms with Crippen LogP contribution in [0.5, 0.6) is 0 Å². The molecular weight excluding hydrogens is 505 g/mol. The van der Waals surface area contributed by atoms with Crippen molar-refractivity contribution in [2.24, 2.45) is 11.7 Å². The molecule has 3 N–H and O–H groups in total. The fourth-order valence-electron chi connectivity index (χ4n) is 3.83. The summed E-state index contributed by atoms with van der Waals surface area (Å²) in [6, 6.07) is 10.3. The molecule has 0 aliphatic heterocycles. The maximum absolute atomic E-state index is 13.2. The molecule has 0 aliphatic carbocycles. The molecule has 2 aromatic carbocycles. The minimum Gasteiger partial charge on any atom is -0.368 e. The van der Waals surface area contributed by atoms with E-state index in [1.807, 2.05) is 45.0 Å². The Morgan fingerprint density at radius 1 is 1.11 bits per heavy atom. The first-order chi connectivity index (χ1) is 16.9. The predicted octanol–water partition coefficient (Wildman–Crippen LogP) is 4.21. The molecule has 0 saturated carbocycles. The van der Waals surface area contributed by atoms with Crippen LogP contribution >= 0.6 is 11.6 Å². The first-order valence-corrected chi connectivity index (χ1v) is 13.9. The smallest absolute Gasteiger partial charge is 0.242 e.